The Morgan fingerprint density at radius 3 is 2.04 bits per heavy atom. The number of thiophene rings is 1. The molecular formula is C34H44N2O10S3Si. The van der Waals surface area contributed by atoms with Crippen LogP contribution in [0.4, 0.5) is 4.79 Å². The van der Waals surface area contributed by atoms with Crippen LogP contribution in [0.2, 0.25) is 5.04 Å². The van der Waals surface area contributed by atoms with Crippen molar-refractivity contribution in [1.29, 1.82) is 0 Å². The maximum absolute atomic E-state index is 14.5. The lowest BCUT2D eigenvalue weighted by atomic mass is 10.0. The summed E-state index contributed by atoms with van der Waals surface area (Å²) in [4.78, 5) is 37.8. The van der Waals surface area contributed by atoms with Crippen molar-refractivity contribution >= 4 is 67.8 Å². The Bertz CT molecular complexity index is 1870. The van der Waals surface area contributed by atoms with Gasteiger partial charge in [-0.2, -0.15) is 0 Å². The first-order valence-electron chi connectivity index (χ1n) is 16.2. The van der Waals surface area contributed by atoms with Crippen LogP contribution in [0.25, 0.3) is 0 Å². The Kier molecular flexibility index (Phi) is 12.0. The third-order valence-electron chi connectivity index (χ3n) is 8.67. The molecule has 1 aliphatic rings. The largest absolute Gasteiger partial charge is 0.459 e. The first-order valence-corrected chi connectivity index (χ1v) is 22.0. The topological polar surface area (TPSA) is 162 Å². The first-order chi connectivity index (χ1) is 23.4. The summed E-state index contributed by atoms with van der Waals surface area (Å²) in [5.74, 6) is -1.45. The smallest absolute Gasteiger partial charge is 0.410 e. The van der Waals surface area contributed by atoms with Gasteiger partial charge >= 0.3 is 18.0 Å². The Morgan fingerprint density at radius 1 is 1.00 bits per heavy atom. The number of fused-ring (bicyclic) bond motifs is 1. The van der Waals surface area contributed by atoms with Crippen molar-refractivity contribution in [2.45, 2.75) is 85.7 Å². The zero-order valence-electron chi connectivity index (χ0n) is 29.2. The molecule has 4 rings (SSSR count). The van der Waals surface area contributed by atoms with Crippen LogP contribution in [0.1, 0.15) is 66.5 Å². The van der Waals surface area contributed by atoms with E-state index in [9.17, 15) is 31.2 Å². The van der Waals surface area contributed by atoms with Gasteiger partial charge in [0.05, 0.1) is 11.3 Å². The number of ether oxygens (including phenoxy) is 3. The van der Waals surface area contributed by atoms with Gasteiger partial charge in [0.2, 0.25) is 18.3 Å². The van der Waals surface area contributed by atoms with E-state index in [1.807, 2.05) is 81.4 Å². The molecule has 0 fully saturated rings. The molecule has 0 spiro atoms. The second kappa shape index (κ2) is 15.4. The average molecular weight is 765 g/mol. The van der Waals surface area contributed by atoms with Crippen molar-refractivity contribution in [1.82, 2.24) is 9.29 Å². The third-order valence-corrected chi connectivity index (χ3v) is 20.9. The van der Waals surface area contributed by atoms with Crippen molar-refractivity contribution in [2.75, 3.05) is 19.8 Å². The van der Waals surface area contributed by atoms with Crippen molar-refractivity contribution in [3.63, 3.8) is 0 Å². The summed E-state index contributed by atoms with van der Waals surface area (Å²) < 4.78 is 74.4. The molecule has 0 saturated carbocycles. The molecule has 1 N–H and O–H groups in total. The lowest BCUT2D eigenvalue weighted by Crippen LogP contribution is -2.74. The highest BCUT2D eigenvalue weighted by Gasteiger charge is 2.52. The number of carbonyl (C=O) groups excluding carboxylic acids is 3. The van der Waals surface area contributed by atoms with E-state index >= 15 is 0 Å². The van der Waals surface area contributed by atoms with Crippen molar-refractivity contribution in [3.8, 4) is 0 Å². The summed E-state index contributed by atoms with van der Waals surface area (Å²) in [6, 6.07) is 19.4. The highest BCUT2D eigenvalue weighted by atomic mass is 32.3. The number of sulfonamides is 1. The molecule has 50 heavy (non-hydrogen) atoms. The summed E-state index contributed by atoms with van der Waals surface area (Å²) in [7, 11) is -11.6. The molecule has 0 radical (unpaired) electrons. The number of sulfone groups is 1. The van der Waals surface area contributed by atoms with Gasteiger partial charge in [0.1, 0.15) is 21.6 Å². The number of rotatable bonds is 12. The van der Waals surface area contributed by atoms with E-state index in [-0.39, 0.29) is 40.2 Å². The predicted molar refractivity (Wildman–Crippen MR) is 192 cm³/mol. The summed E-state index contributed by atoms with van der Waals surface area (Å²) in [6.45, 7) is 11.2. The van der Waals surface area contributed by atoms with Crippen molar-refractivity contribution in [3.05, 3.63) is 72.3 Å². The number of carbonyl (C=O) groups is 3. The number of hydrogen-bond acceptors (Lipinski definition) is 11. The Hall–Kier alpha value is -3.57. The van der Waals surface area contributed by atoms with Crippen molar-refractivity contribution < 1.29 is 45.4 Å². The maximum Gasteiger partial charge on any atom is 0.410 e. The molecule has 3 aromatic rings. The SMILES string of the molecule is CCN(C(=O)OCCOC(=O)[C@H](C)OC(C)=O)[C@H]1C[C@H](C)S(=O)(=O)c2sc(S(=O)(=O)N[Si](c3ccccc3)(c3ccccc3)C(C)(C)C)cc21. The van der Waals surface area contributed by atoms with E-state index in [0.29, 0.717) is 11.3 Å². The molecule has 12 nitrogen and oxygen atoms in total. The number of amides is 1. The highest BCUT2D eigenvalue weighted by molar-refractivity contribution is 7.96. The zero-order valence-corrected chi connectivity index (χ0v) is 32.6. The van der Waals surface area contributed by atoms with E-state index in [2.05, 4.69) is 4.39 Å². The molecular weight excluding hydrogens is 721 g/mol. The van der Waals surface area contributed by atoms with Crippen LogP contribution >= 0.6 is 11.3 Å². The second-order valence-corrected chi connectivity index (χ2v) is 23.4. The molecule has 2 heterocycles. The normalized spacial score (nSPS) is 18.0. The highest BCUT2D eigenvalue weighted by Crippen LogP contribution is 2.46. The number of hydrogen-bond donors (Lipinski definition) is 1. The minimum absolute atomic E-state index is 0.0194. The lowest BCUT2D eigenvalue weighted by Gasteiger charge is -2.43. The van der Waals surface area contributed by atoms with Crippen LogP contribution in [0, 0.1) is 0 Å². The van der Waals surface area contributed by atoms with Gasteiger partial charge in [-0.15, -0.1) is 11.3 Å². The molecule has 3 atom stereocenters. The first kappa shape index (κ1) is 39.2. The molecule has 0 unspecified atom stereocenters. The fourth-order valence-electron chi connectivity index (χ4n) is 6.18. The minimum atomic E-state index is -4.32. The maximum atomic E-state index is 14.5. The van der Waals surface area contributed by atoms with E-state index in [1.165, 1.54) is 24.8 Å². The molecule has 0 aliphatic carbocycles. The Labute approximate surface area is 299 Å². The predicted octanol–water partition coefficient (Wildman–Crippen LogP) is 4.15. The number of nitrogens with one attached hydrogen (secondary N) is 1. The van der Waals surface area contributed by atoms with Crippen LogP contribution in [0.5, 0.6) is 0 Å². The molecule has 1 aliphatic heterocycles. The Morgan fingerprint density at radius 2 is 1.54 bits per heavy atom. The Balaban J connectivity index is 1.68. The standard InChI is InChI=1S/C34H44N2O10S3Si/c1-8-36(33(39)45-20-19-44-31(38)24(3)46-25(4)37)29-21-23(2)48(40,41)32-28(29)22-30(47-32)49(42,43)35-50(34(5,6)7,26-15-11-9-12-16-26)27-17-13-10-14-18-27/h9-18,22-24,29,35H,8,19-21H2,1-7H3/t23-,24-,29-/m0/s1. The molecule has 1 amide bonds. The third kappa shape index (κ3) is 7.99. The van der Waals surface area contributed by atoms with Gasteiger partial charge in [0, 0.05) is 19.0 Å². The van der Waals surface area contributed by atoms with E-state index in [1.54, 1.807) is 6.92 Å². The van der Waals surface area contributed by atoms with E-state index < -0.39 is 68.6 Å². The fourth-order valence-corrected chi connectivity index (χ4v) is 18.5. The average Bonchev–Trinajstić information content (AvgIpc) is 3.53. The van der Waals surface area contributed by atoms with Crippen LogP contribution < -0.4 is 14.8 Å². The summed E-state index contributed by atoms with van der Waals surface area (Å²) in [5, 5.41) is 0.200. The van der Waals surface area contributed by atoms with Gasteiger partial charge in [-0.25, -0.2) is 30.8 Å². The minimum Gasteiger partial charge on any atom is -0.459 e. The number of benzene rings is 2. The molecule has 16 heteroatoms. The van der Waals surface area contributed by atoms with E-state index in [4.69, 9.17) is 14.2 Å². The summed E-state index contributed by atoms with van der Waals surface area (Å²) in [5.41, 5.74) is 0.205. The number of esters is 2. The monoisotopic (exact) mass is 764 g/mol. The number of nitrogens with zero attached hydrogens (tertiary/aromatic N) is 1. The van der Waals surface area contributed by atoms with Crippen LogP contribution in [-0.2, 0) is 43.7 Å². The van der Waals surface area contributed by atoms with Crippen LogP contribution in [-0.4, -0.2) is 79.1 Å². The fraction of sp³-hybridized carbons (Fsp3) is 0.441. The molecule has 0 saturated heterocycles. The zero-order chi connectivity index (χ0) is 37.1. The van der Waals surface area contributed by atoms with Crippen molar-refractivity contribution in [2.24, 2.45) is 0 Å². The van der Waals surface area contributed by atoms with Gasteiger partial charge < -0.3 is 19.1 Å². The van der Waals surface area contributed by atoms with Gasteiger partial charge in [-0.1, -0.05) is 81.4 Å². The van der Waals surface area contributed by atoms with E-state index in [0.717, 1.165) is 17.3 Å². The summed E-state index contributed by atoms with van der Waals surface area (Å²) in [6.07, 6.45) is -1.90. The molecule has 2 aromatic carbocycles. The van der Waals surface area contributed by atoms with Gasteiger partial charge in [-0.05, 0) is 48.7 Å². The van der Waals surface area contributed by atoms with Gasteiger partial charge in [-0.3, -0.25) is 4.79 Å². The lowest BCUT2D eigenvalue weighted by molar-refractivity contribution is -0.165. The summed E-state index contributed by atoms with van der Waals surface area (Å²) >= 11 is 0.681. The molecule has 0 bridgehead atoms. The second-order valence-electron chi connectivity index (χ2n) is 13.1. The molecule has 272 valence electrons. The quantitative estimate of drug-likeness (QED) is 0.123. The molecule has 1 aromatic heterocycles. The van der Waals surface area contributed by atoms with Crippen LogP contribution in [0.15, 0.2) is 75.1 Å². The van der Waals surface area contributed by atoms with Gasteiger partial charge in [0.15, 0.2) is 15.9 Å². The van der Waals surface area contributed by atoms with Gasteiger partial charge in [0.25, 0.3) is 0 Å². The van der Waals surface area contributed by atoms with Crippen LogP contribution in [0.3, 0.4) is 0 Å².